The van der Waals surface area contributed by atoms with Gasteiger partial charge in [0.15, 0.2) is 0 Å². The highest BCUT2D eigenvalue weighted by Crippen LogP contribution is 2.24. The third-order valence-corrected chi connectivity index (χ3v) is 3.24. The maximum atomic E-state index is 13.2. The van der Waals surface area contributed by atoms with Crippen molar-refractivity contribution in [3.8, 4) is 5.75 Å². The lowest BCUT2D eigenvalue weighted by Crippen LogP contribution is -1.97. The third-order valence-electron chi connectivity index (χ3n) is 2.50. The van der Waals surface area contributed by atoms with Crippen LogP contribution in [-0.2, 0) is 13.2 Å². The molecule has 5 heteroatoms. The quantitative estimate of drug-likeness (QED) is 0.917. The van der Waals surface area contributed by atoms with Crippen molar-refractivity contribution in [2.75, 3.05) is 0 Å². The van der Waals surface area contributed by atoms with Crippen LogP contribution in [0.5, 0.6) is 5.75 Å². The van der Waals surface area contributed by atoms with Crippen LogP contribution in [0.1, 0.15) is 11.1 Å². The fourth-order valence-corrected chi connectivity index (χ4v) is 1.91. The molecule has 0 spiro atoms. The van der Waals surface area contributed by atoms with Crippen molar-refractivity contribution in [2.45, 2.75) is 13.2 Å². The van der Waals surface area contributed by atoms with Crippen molar-refractivity contribution in [1.82, 2.24) is 0 Å². The van der Waals surface area contributed by atoms with E-state index in [1.165, 1.54) is 12.1 Å². The Morgan fingerprint density at radius 3 is 2.47 bits per heavy atom. The van der Waals surface area contributed by atoms with Crippen LogP contribution in [0.4, 0.5) is 4.39 Å². The topological polar surface area (TPSA) is 29.5 Å². The summed E-state index contributed by atoms with van der Waals surface area (Å²) < 4.78 is 18.7. The number of halogens is 3. The minimum absolute atomic E-state index is 0.235. The number of hydrogen-bond donors (Lipinski definition) is 1. The summed E-state index contributed by atoms with van der Waals surface area (Å²) in [6.45, 7) is 0.00606. The van der Waals surface area contributed by atoms with E-state index in [9.17, 15) is 4.39 Å². The van der Waals surface area contributed by atoms with Gasteiger partial charge in [0, 0.05) is 6.07 Å². The molecule has 0 heterocycles. The summed E-state index contributed by atoms with van der Waals surface area (Å²) in [6.07, 6.45) is 0. The van der Waals surface area contributed by atoms with E-state index >= 15 is 0 Å². The average Bonchev–Trinajstić information content (AvgIpc) is 2.39. The maximum Gasteiger partial charge on any atom is 0.127 e. The second-order valence-electron chi connectivity index (χ2n) is 3.99. The van der Waals surface area contributed by atoms with Crippen LogP contribution in [0.15, 0.2) is 36.4 Å². The van der Waals surface area contributed by atoms with E-state index in [-0.39, 0.29) is 13.2 Å². The Kier molecular flexibility index (Phi) is 4.64. The molecule has 0 aliphatic heterocycles. The Bertz CT molecular complexity index is 588. The van der Waals surface area contributed by atoms with Gasteiger partial charge in [-0.05, 0) is 35.4 Å². The van der Waals surface area contributed by atoms with Crippen LogP contribution in [0.25, 0.3) is 0 Å². The number of rotatable bonds is 4. The zero-order chi connectivity index (χ0) is 13.8. The van der Waals surface area contributed by atoms with Gasteiger partial charge >= 0.3 is 0 Å². The molecule has 19 heavy (non-hydrogen) atoms. The van der Waals surface area contributed by atoms with Gasteiger partial charge in [-0.2, -0.15) is 0 Å². The lowest BCUT2D eigenvalue weighted by Gasteiger charge is -2.08. The van der Waals surface area contributed by atoms with Gasteiger partial charge in [0.25, 0.3) is 0 Å². The smallest absolute Gasteiger partial charge is 0.127 e. The highest BCUT2D eigenvalue weighted by molar-refractivity contribution is 6.42. The van der Waals surface area contributed by atoms with Crippen molar-refractivity contribution in [3.63, 3.8) is 0 Å². The Balaban J connectivity index is 2.09. The first-order chi connectivity index (χ1) is 9.08. The zero-order valence-corrected chi connectivity index (χ0v) is 11.4. The van der Waals surface area contributed by atoms with Crippen molar-refractivity contribution in [2.24, 2.45) is 0 Å². The number of benzene rings is 2. The third kappa shape index (κ3) is 3.83. The minimum atomic E-state index is -0.448. The fraction of sp³-hybridized carbons (Fsp3) is 0.143. The molecular formula is C14H11Cl2FO2. The largest absolute Gasteiger partial charge is 0.489 e. The Morgan fingerprint density at radius 1 is 1.00 bits per heavy atom. The zero-order valence-electron chi connectivity index (χ0n) is 9.87. The summed E-state index contributed by atoms with van der Waals surface area (Å²) in [5.41, 5.74) is 1.29. The van der Waals surface area contributed by atoms with Gasteiger partial charge in [0.2, 0.25) is 0 Å². The minimum Gasteiger partial charge on any atom is -0.489 e. The number of ether oxygens (including phenoxy) is 1. The van der Waals surface area contributed by atoms with Gasteiger partial charge in [0.05, 0.1) is 16.7 Å². The number of aliphatic hydroxyl groups excluding tert-OH is 1. The normalized spacial score (nSPS) is 10.5. The summed E-state index contributed by atoms with van der Waals surface area (Å²) in [5.74, 6) is -0.0918. The molecule has 0 bridgehead atoms. The molecule has 2 rings (SSSR count). The molecule has 0 aliphatic carbocycles. The second kappa shape index (κ2) is 6.24. The summed E-state index contributed by atoms with van der Waals surface area (Å²) in [7, 11) is 0. The molecule has 1 N–H and O–H groups in total. The molecule has 0 aliphatic rings. The van der Waals surface area contributed by atoms with Gasteiger partial charge < -0.3 is 9.84 Å². The van der Waals surface area contributed by atoms with E-state index in [1.807, 2.05) is 0 Å². The maximum absolute atomic E-state index is 13.2. The van der Waals surface area contributed by atoms with Gasteiger partial charge in [-0.3, -0.25) is 0 Å². The molecule has 0 amide bonds. The van der Waals surface area contributed by atoms with Gasteiger partial charge in [-0.15, -0.1) is 0 Å². The van der Waals surface area contributed by atoms with Crippen LogP contribution in [0.2, 0.25) is 10.0 Å². The van der Waals surface area contributed by atoms with Gasteiger partial charge in [0.1, 0.15) is 18.2 Å². The van der Waals surface area contributed by atoms with Crippen LogP contribution >= 0.6 is 23.2 Å². The van der Waals surface area contributed by atoms with Gasteiger partial charge in [-0.25, -0.2) is 4.39 Å². The van der Waals surface area contributed by atoms with E-state index in [1.54, 1.807) is 24.3 Å². The molecule has 0 aromatic heterocycles. The highest BCUT2D eigenvalue weighted by Gasteiger charge is 2.03. The number of aliphatic hydroxyl groups is 1. The number of hydrogen-bond acceptors (Lipinski definition) is 2. The van der Waals surface area contributed by atoms with Crippen LogP contribution in [0, 0.1) is 5.82 Å². The molecular weight excluding hydrogens is 290 g/mol. The molecule has 0 fully saturated rings. The fourth-order valence-electron chi connectivity index (χ4n) is 1.59. The summed E-state index contributed by atoms with van der Waals surface area (Å²) in [5, 5.41) is 9.90. The Hall–Kier alpha value is -1.29. The van der Waals surface area contributed by atoms with E-state index in [0.29, 0.717) is 21.4 Å². The molecule has 2 nitrogen and oxygen atoms in total. The van der Waals surface area contributed by atoms with Crippen LogP contribution in [0.3, 0.4) is 0 Å². The van der Waals surface area contributed by atoms with E-state index in [2.05, 4.69) is 0 Å². The first-order valence-corrected chi connectivity index (χ1v) is 6.31. The predicted molar refractivity (Wildman–Crippen MR) is 73.1 cm³/mol. The van der Waals surface area contributed by atoms with Crippen molar-refractivity contribution in [1.29, 1.82) is 0 Å². The van der Waals surface area contributed by atoms with Crippen molar-refractivity contribution in [3.05, 3.63) is 63.4 Å². The first kappa shape index (κ1) is 14.1. The van der Waals surface area contributed by atoms with Gasteiger partial charge in [-0.1, -0.05) is 29.3 Å². The molecule has 100 valence electrons. The van der Waals surface area contributed by atoms with E-state index in [4.69, 9.17) is 33.0 Å². The molecule has 0 saturated heterocycles. The van der Waals surface area contributed by atoms with Crippen LogP contribution < -0.4 is 4.74 Å². The Labute approximate surface area is 120 Å². The second-order valence-corrected chi connectivity index (χ2v) is 4.80. The highest BCUT2D eigenvalue weighted by atomic mass is 35.5. The Morgan fingerprint density at radius 2 is 1.79 bits per heavy atom. The lowest BCUT2D eigenvalue weighted by atomic mass is 10.2. The standard InChI is InChI=1S/C14H11Cl2FO2/c15-13-2-1-9(5-14(13)16)8-19-12-4-10(7-18)3-11(17)6-12/h1-6,18H,7-8H2. The summed E-state index contributed by atoms with van der Waals surface area (Å²) in [4.78, 5) is 0. The molecule has 2 aromatic carbocycles. The molecule has 2 aromatic rings. The first-order valence-electron chi connectivity index (χ1n) is 5.55. The van der Waals surface area contributed by atoms with Crippen molar-refractivity contribution >= 4 is 23.2 Å². The van der Waals surface area contributed by atoms with Crippen LogP contribution in [-0.4, -0.2) is 5.11 Å². The summed E-state index contributed by atoms with van der Waals surface area (Å²) in [6, 6.07) is 9.24. The SMILES string of the molecule is OCc1cc(F)cc(OCc2ccc(Cl)c(Cl)c2)c1. The predicted octanol–water partition coefficient (Wildman–Crippen LogP) is 4.20. The molecule has 0 saturated carbocycles. The molecule has 0 atom stereocenters. The summed E-state index contributed by atoms with van der Waals surface area (Å²) >= 11 is 11.7. The lowest BCUT2D eigenvalue weighted by molar-refractivity contribution is 0.276. The van der Waals surface area contributed by atoms with E-state index < -0.39 is 5.82 Å². The average molecular weight is 301 g/mol. The monoisotopic (exact) mass is 300 g/mol. The molecule has 0 unspecified atom stereocenters. The molecule has 0 radical (unpaired) electrons. The van der Waals surface area contributed by atoms with E-state index in [0.717, 1.165) is 5.56 Å². The van der Waals surface area contributed by atoms with Crippen molar-refractivity contribution < 1.29 is 14.2 Å².